The van der Waals surface area contributed by atoms with Crippen LogP contribution in [0.1, 0.15) is 27.2 Å². The van der Waals surface area contributed by atoms with Crippen molar-refractivity contribution in [3.63, 3.8) is 0 Å². The van der Waals surface area contributed by atoms with E-state index >= 15 is 0 Å². The van der Waals surface area contributed by atoms with Crippen LogP contribution in [0.5, 0.6) is 0 Å². The fraction of sp³-hybridized carbons (Fsp3) is 0.538. The molecular formula is C13H20BrNO2S. The van der Waals surface area contributed by atoms with Crippen LogP contribution in [0.15, 0.2) is 33.6 Å². The summed E-state index contributed by atoms with van der Waals surface area (Å²) in [5.74, 6) is 0. The molecule has 18 heavy (non-hydrogen) atoms. The van der Waals surface area contributed by atoms with Gasteiger partial charge in [0.1, 0.15) is 0 Å². The minimum Gasteiger partial charge on any atom is -0.313 e. The molecule has 0 heterocycles. The molecule has 0 saturated heterocycles. The predicted octanol–water partition coefficient (Wildman–Crippen LogP) is 3.00. The third-order valence-electron chi connectivity index (χ3n) is 3.09. The lowest BCUT2D eigenvalue weighted by molar-refractivity contribution is 0.483. The quantitative estimate of drug-likeness (QED) is 0.870. The van der Waals surface area contributed by atoms with Crippen molar-refractivity contribution in [1.82, 2.24) is 5.32 Å². The van der Waals surface area contributed by atoms with Gasteiger partial charge in [0.25, 0.3) is 0 Å². The Morgan fingerprint density at radius 1 is 1.33 bits per heavy atom. The standard InChI is InChI=1S/C13H20BrNO2S/c1-4-13(15-5-2)10(3)18(16,17)12-8-6-7-11(14)9-12/h6-10,13,15H,4-5H2,1-3H3. The second-order valence-electron chi connectivity index (χ2n) is 4.28. The van der Waals surface area contributed by atoms with Gasteiger partial charge in [-0.25, -0.2) is 8.42 Å². The lowest BCUT2D eigenvalue weighted by atomic mass is 10.2. The van der Waals surface area contributed by atoms with Crippen molar-refractivity contribution in [2.24, 2.45) is 0 Å². The SMILES string of the molecule is CCNC(CC)C(C)S(=O)(=O)c1cccc(Br)c1. The number of benzene rings is 1. The predicted molar refractivity (Wildman–Crippen MR) is 78.5 cm³/mol. The molecule has 1 aromatic carbocycles. The van der Waals surface area contributed by atoms with E-state index in [9.17, 15) is 8.42 Å². The van der Waals surface area contributed by atoms with Gasteiger partial charge in [0.05, 0.1) is 10.1 Å². The summed E-state index contributed by atoms with van der Waals surface area (Å²) >= 11 is 3.31. The van der Waals surface area contributed by atoms with Crippen molar-refractivity contribution in [2.45, 2.75) is 43.4 Å². The first-order chi connectivity index (χ1) is 8.43. The van der Waals surface area contributed by atoms with E-state index in [1.54, 1.807) is 25.1 Å². The molecule has 0 aliphatic rings. The Morgan fingerprint density at radius 3 is 2.50 bits per heavy atom. The minimum atomic E-state index is -3.29. The van der Waals surface area contributed by atoms with Crippen molar-refractivity contribution in [1.29, 1.82) is 0 Å². The lowest BCUT2D eigenvalue weighted by Crippen LogP contribution is -2.42. The molecule has 2 unspecified atom stereocenters. The Kier molecular flexibility index (Phi) is 5.82. The molecule has 102 valence electrons. The van der Waals surface area contributed by atoms with Gasteiger partial charge in [-0.3, -0.25) is 0 Å². The third kappa shape index (κ3) is 3.56. The maximum Gasteiger partial charge on any atom is 0.182 e. The second kappa shape index (κ2) is 6.68. The van der Waals surface area contributed by atoms with Gasteiger partial charge < -0.3 is 5.32 Å². The highest BCUT2D eigenvalue weighted by Crippen LogP contribution is 2.22. The van der Waals surface area contributed by atoms with Gasteiger partial charge in [-0.2, -0.15) is 0 Å². The van der Waals surface area contributed by atoms with Gasteiger partial charge in [-0.1, -0.05) is 35.8 Å². The number of hydrogen-bond donors (Lipinski definition) is 1. The molecule has 3 nitrogen and oxygen atoms in total. The minimum absolute atomic E-state index is 0.0148. The summed E-state index contributed by atoms with van der Waals surface area (Å²) in [5, 5.41) is 2.80. The van der Waals surface area contributed by atoms with Crippen LogP contribution in [0.3, 0.4) is 0 Å². The van der Waals surface area contributed by atoms with Crippen molar-refractivity contribution in [2.75, 3.05) is 6.54 Å². The van der Waals surface area contributed by atoms with E-state index in [4.69, 9.17) is 0 Å². The lowest BCUT2D eigenvalue weighted by Gasteiger charge is -2.23. The van der Waals surface area contributed by atoms with E-state index in [2.05, 4.69) is 21.2 Å². The Morgan fingerprint density at radius 2 is 2.00 bits per heavy atom. The highest BCUT2D eigenvalue weighted by molar-refractivity contribution is 9.10. The maximum atomic E-state index is 12.5. The average molecular weight is 334 g/mol. The summed E-state index contributed by atoms with van der Waals surface area (Å²) in [6.07, 6.45) is 0.794. The topological polar surface area (TPSA) is 46.2 Å². The first-order valence-corrected chi connectivity index (χ1v) is 8.50. The van der Waals surface area contributed by atoms with Gasteiger partial charge in [-0.15, -0.1) is 0 Å². The molecule has 0 bridgehead atoms. The normalized spacial score (nSPS) is 15.3. The van der Waals surface area contributed by atoms with Crippen LogP contribution in [0.2, 0.25) is 0 Å². The van der Waals surface area contributed by atoms with Crippen molar-refractivity contribution in [3.8, 4) is 0 Å². The van der Waals surface area contributed by atoms with Gasteiger partial charge in [0.2, 0.25) is 0 Å². The zero-order chi connectivity index (χ0) is 13.8. The van der Waals surface area contributed by atoms with Crippen LogP contribution in [0.25, 0.3) is 0 Å². The van der Waals surface area contributed by atoms with Crippen LogP contribution in [0, 0.1) is 0 Å². The monoisotopic (exact) mass is 333 g/mol. The van der Waals surface area contributed by atoms with Crippen LogP contribution in [-0.2, 0) is 9.84 Å². The Labute approximate surface area is 118 Å². The number of rotatable bonds is 6. The van der Waals surface area contributed by atoms with Crippen molar-refractivity contribution in [3.05, 3.63) is 28.7 Å². The molecule has 0 radical (unpaired) electrons. The fourth-order valence-electron chi connectivity index (χ4n) is 1.98. The number of sulfone groups is 1. The first-order valence-electron chi connectivity index (χ1n) is 6.16. The van der Waals surface area contributed by atoms with E-state index in [1.165, 1.54) is 0 Å². The summed E-state index contributed by atoms with van der Waals surface area (Å²) in [7, 11) is -3.29. The molecule has 0 fully saturated rings. The van der Waals surface area contributed by atoms with E-state index in [-0.39, 0.29) is 6.04 Å². The molecule has 1 N–H and O–H groups in total. The smallest absolute Gasteiger partial charge is 0.182 e. The van der Waals surface area contributed by atoms with Crippen LogP contribution in [0.4, 0.5) is 0 Å². The molecule has 0 saturated carbocycles. The largest absolute Gasteiger partial charge is 0.313 e. The van der Waals surface area contributed by atoms with Crippen LogP contribution >= 0.6 is 15.9 Å². The zero-order valence-corrected chi connectivity index (χ0v) is 13.4. The highest BCUT2D eigenvalue weighted by atomic mass is 79.9. The van der Waals surface area contributed by atoms with E-state index in [0.29, 0.717) is 4.90 Å². The second-order valence-corrected chi connectivity index (χ2v) is 7.50. The van der Waals surface area contributed by atoms with E-state index < -0.39 is 15.1 Å². The molecule has 2 atom stereocenters. The summed E-state index contributed by atoms with van der Waals surface area (Å²) in [6, 6.07) is 6.86. The van der Waals surface area contributed by atoms with Gasteiger partial charge in [0.15, 0.2) is 9.84 Å². The molecule has 0 aromatic heterocycles. The molecule has 0 aliphatic carbocycles. The van der Waals surface area contributed by atoms with E-state index in [0.717, 1.165) is 17.4 Å². The molecular weight excluding hydrogens is 314 g/mol. The highest BCUT2D eigenvalue weighted by Gasteiger charge is 2.29. The van der Waals surface area contributed by atoms with Crippen LogP contribution < -0.4 is 5.32 Å². The molecule has 0 spiro atoms. The van der Waals surface area contributed by atoms with E-state index in [1.807, 2.05) is 19.9 Å². The molecule has 0 aliphatic heterocycles. The summed E-state index contributed by atoms with van der Waals surface area (Å²) < 4.78 is 25.8. The average Bonchev–Trinajstić information content (AvgIpc) is 2.35. The molecule has 1 rings (SSSR count). The van der Waals surface area contributed by atoms with Crippen molar-refractivity contribution >= 4 is 25.8 Å². The Balaban J connectivity index is 3.06. The summed E-state index contributed by atoms with van der Waals surface area (Å²) in [4.78, 5) is 0.376. The Hall–Kier alpha value is -0.390. The van der Waals surface area contributed by atoms with Gasteiger partial charge >= 0.3 is 0 Å². The number of halogens is 1. The number of hydrogen-bond acceptors (Lipinski definition) is 3. The Bertz CT molecular complexity index is 488. The first kappa shape index (κ1) is 15.7. The van der Waals surface area contributed by atoms with Gasteiger partial charge in [-0.05, 0) is 38.1 Å². The molecule has 0 amide bonds. The molecule has 5 heteroatoms. The summed E-state index contributed by atoms with van der Waals surface area (Å²) in [5.41, 5.74) is 0. The van der Waals surface area contributed by atoms with Crippen molar-refractivity contribution < 1.29 is 8.42 Å². The van der Waals surface area contributed by atoms with Crippen LogP contribution in [-0.4, -0.2) is 26.3 Å². The zero-order valence-electron chi connectivity index (χ0n) is 11.0. The fourth-order valence-corrected chi connectivity index (χ4v) is 4.24. The maximum absolute atomic E-state index is 12.5. The van der Waals surface area contributed by atoms with Gasteiger partial charge in [0, 0.05) is 10.5 Å². The molecule has 1 aromatic rings. The number of nitrogens with one attached hydrogen (secondary N) is 1. The summed E-state index contributed by atoms with van der Waals surface area (Å²) in [6.45, 7) is 6.53. The third-order valence-corrected chi connectivity index (χ3v) is 5.80.